The molecule has 2 nitrogen and oxygen atoms in total. The third kappa shape index (κ3) is 47.1. The second kappa shape index (κ2) is 61.2. The summed E-state index contributed by atoms with van der Waals surface area (Å²) in [4.78, 5) is 0. The van der Waals surface area contributed by atoms with Crippen molar-refractivity contribution in [2.75, 3.05) is 0 Å². The summed E-state index contributed by atoms with van der Waals surface area (Å²) in [6.07, 6.45) is 0. The van der Waals surface area contributed by atoms with Crippen molar-refractivity contribution in [1.82, 2.24) is 0 Å². The van der Waals surface area contributed by atoms with Crippen LogP contribution >= 0.6 is 0 Å². The predicted octanol–water partition coefficient (Wildman–Crippen LogP) is -2.99. The molecule has 0 amide bonds. The summed E-state index contributed by atoms with van der Waals surface area (Å²) in [7, 11) is 0. The maximum Gasteiger partial charge on any atom is 0 e. The van der Waals surface area contributed by atoms with Gasteiger partial charge in [0.2, 0.25) is 0 Å². The summed E-state index contributed by atoms with van der Waals surface area (Å²) in [6, 6.07) is 0. The molecule has 0 aromatic rings. The molecule has 2 radical (unpaired) electrons. The quantitative estimate of drug-likeness (QED) is 0.353. The fourth-order valence-corrected chi connectivity index (χ4v) is 0. The summed E-state index contributed by atoms with van der Waals surface area (Å²) in [6.45, 7) is 0. The van der Waals surface area contributed by atoms with Gasteiger partial charge in [-0.25, -0.2) is 0 Å². The van der Waals surface area contributed by atoms with E-state index in [2.05, 4.69) is 0 Å². The number of rotatable bonds is 0. The first-order valence-corrected chi connectivity index (χ1v) is 2.87. The standard InChI is InChI=1S/Ga.In.2O.Sn.2Zn.6H. The van der Waals surface area contributed by atoms with Crippen LogP contribution < -0.4 is 0 Å². The maximum atomic E-state index is 8.38. The molecular formula is H6GaInO2SnZn2. The largest absolute Gasteiger partial charge is 0 e. The Morgan fingerprint density at radius 3 is 1.14 bits per heavy atom. The fraction of sp³-hybridized carbons (Fsp3) is 0. The Morgan fingerprint density at radius 1 is 1.14 bits per heavy atom. The predicted molar refractivity (Wildman–Crippen MR) is 27.0 cm³/mol. The van der Waals surface area contributed by atoms with E-state index in [1.165, 1.54) is 0 Å². The minimum Gasteiger partial charge on any atom is 0 e. The Kier molecular flexibility index (Phi) is 280. The molecule has 32 valence electrons. The van der Waals surface area contributed by atoms with Gasteiger partial charge in [-0.1, -0.05) is 0 Å². The minimum absolute atomic E-state index is 0. The molecule has 0 heterocycles. The molecule has 0 fully saturated rings. The summed E-state index contributed by atoms with van der Waals surface area (Å²) < 4.78 is 16.7. The first kappa shape index (κ1) is 32.0. The SMILES string of the molecule is [GaH3].[InH3].[O]=[Sn].[O]=[Zn].[Zn]. The Morgan fingerprint density at radius 2 is 1.14 bits per heavy atom. The average Bonchev–Trinajstić information content (AvgIpc) is 1.50. The first-order chi connectivity index (χ1) is 2.00. The third-order valence-electron chi connectivity index (χ3n) is 0. The molecule has 0 saturated heterocycles. The van der Waals surface area contributed by atoms with Gasteiger partial charge in [0, 0.05) is 19.5 Å². The summed E-state index contributed by atoms with van der Waals surface area (Å²) >= 11 is 0.425. The van der Waals surface area contributed by atoms with Gasteiger partial charge < -0.3 is 0 Å². The molecule has 0 aromatic heterocycles. The van der Waals surface area contributed by atoms with Crippen LogP contribution in [0.1, 0.15) is 0 Å². The maximum absolute atomic E-state index is 8.38. The molecule has 0 spiro atoms. The zero-order chi connectivity index (χ0) is 4.00. The Hall–Kier alpha value is 3.15. The third-order valence-corrected chi connectivity index (χ3v) is 0. The van der Waals surface area contributed by atoms with Crippen LogP contribution in [0.15, 0.2) is 0 Å². The molecular weight excluding hydrogens is 466 g/mol. The monoisotopic (exact) mass is 470 g/mol. The second-order valence-electron chi connectivity index (χ2n) is 0. The zero-order valence-corrected chi connectivity index (χ0v) is 11.5. The molecule has 7 heteroatoms. The van der Waals surface area contributed by atoms with Gasteiger partial charge in [-0.3, -0.25) is 0 Å². The Balaban J connectivity index is -0.00000000267. The van der Waals surface area contributed by atoms with Crippen LogP contribution in [0.25, 0.3) is 0 Å². The zero-order valence-electron chi connectivity index (χ0n) is 2.73. The van der Waals surface area contributed by atoms with Crippen LogP contribution in [-0.2, 0) is 44.4 Å². The van der Waals surface area contributed by atoms with Crippen molar-refractivity contribution < 1.29 is 44.4 Å². The van der Waals surface area contributed by atoms with E-state index in [4.69, 9.17) is 6.65 Å². The van der Waals surface area contributed by atoms with Crippen molar-refractivity contribution >= 4 is 68.1 Å². The number of hydrogen-bond donors (Lipinski definition) is 0. The molecule has 0 unspecified atom stereocenters. The van der Waals surface area contributed by atoms with Gasteiger partial charge in [-0.15, -0.1) is 0 Å². The summed E-state index contributed by atoms with van der Waals surface area (Å²) in [5.74, 6) is 0. The van der Waals surface area contributed by atoms with E-state index >= 15 is 0 Å². The van der Waals surface area contributed by atoms with Crippen LogP contribution in [0.5, 0.6) is 0 Å². The fourth-order valence-electron chi connectivity index (χ4n) is 0. The van der Waals surface area contributed by atoms with Crippen molar-refractivity contribution in [3.8, 4) is 0 Å². The normalized spacial score (nSPS) is 1.43. The summed E-state index contributed by atoms with van der Waals surface area (Å²) in [5, 5.41) is 0. The van der Waals surface area contributed by atoms with Crippen LogP contribution in [0.4, 0.5) is 0 Å². The van der Waals surface area contributed by atoms with Gasteiger partial charge in [0.25, 0.3) is 0 Å². The van der Waals surface area contributed by atoms with Crippen LogP contribution in [0.3, 0.4) is 0 Å². The summed E-state index contributed by atoms with van der Waals surface area (Å²) in [5.41, 5.74) is 0. The van der Waals surface area contributed by atoms with Gasteiger partial charge in [0.1, 0.15) is 0 Å². The number of hydrogen-bond acceptors (Lipinski definition) is 2. The van der Waals surface area contributed by atoms with Crippen molar-refractivity contribution in [1.29, 1.82) is 0 Å². The first-order valence-electron chi connectivity index (χ1n) is 0.493. The Bertz CT molecular complexity index is 17.7. The Labute approximate surface area is 110 Å². The van der Waals surface area contributed by atoms with E-state index in [1.54, 1.807) is 0 Å². The molecule has 0 aromatic carbocycles. The minimum atomic E-state index is 0. The van der Waals surface area contributed by atoms with Gasteiger partial charge in [0.05, 0.1) is 0 Å². The molecule has 0 aliphatic heterocycles. The van der Waals surface area contributed by atoms with E-state index in [-0.39, 0.29) is 83.4 Å². The van der Waals surface area contributed by atoms with Crippen LogP contribution in [0, 0.1) is 0 Å². The van der Waals surface area contributed by atoms with Gasteiger partial charge in [-0.2, -0.15) is 0 Å². The molecule has 7 heavy (non-hydrogen) atoms. The van der Waals surface area contributed by atoms with E-state index in [0.29, 0.717) is 22.5 Å². The molecule has 0 aliphatic carbocycles. The molecule has 0 atom stereocenters. The van der Waals surface area contributed by atoms with Crippen LogP contribution in [-0.4, -0.2) is 68.1 Å². The topological polar surface area (TPSA) is 34.1 Å². The smallest absolute Gasteiger partial charge is 0 e. The molecule has 0 bridgehead atoms. The van der Waals surface area contributed by atoms with E-state index < -0.39 is 0 Å². The molecule has 0 saturated carbocycles. The van der Waals surface area contributed by atoms with Crippen molar-refractivity contribution in [3.05, 3.63) is 0 Å². The van der Waals surface area contributed by atoms with Crippen LogP contribution in [0.2, 0.25) is 0 Å². The van der Waals surface area contributed by atoms with Crippen molar-refractivity contribution in [2.24, 2.45) is 0 Å². The van der Waals surface area contributed by atoms with Gasteiger partial charge >= 0.3 is 93.0 Å². The molecule has 0 N–H and O–H groups in total. The second-order valence-corrected chi connectivity index (χ2v) is 0. The average molecular weight is 472 g/mol. The van der Waals surface area contributed by atoms with Crippen molar-refractivity contribution in [2.45, 2.75) is 0 Å². The van der Waals surface area contributed by atoms with Crippen molar-refractivity contribution in [3.63, 3.8) is 0 Å². The van der Waals surface area contributed by atoms with Gasteiger partial charge in [-0.05, 0) is 0 Å². The van der Waals surface area contributed by atoms with E-state index in [9.17, 15) is 0 Å². The molecule has 0 aliphatic rings. The van der Waals surface area contributed by atoms with Gasteiger partial charge in [0.15, 0.2) is 0 Å². The van der Waals surface area contributed by atoms with E-state index in [0.717, 1.165) is 0 Å². The molecule has 0 rings (SSSR count). The van der Waals surface area contributed by atoms with E-state index in [1.807, 2.05) is 0 Å².